The molecule has 0 aliphatic carbocycles. The molecule has 0 saturated heterocycles. The molecule has 1 atom stereocenters. The zero-order valence-corrected chi connectivity index (χ0v) is 12.7. The molecule has 2 aromatic carbocycles. The fraction of sp³-hybridized carbons (Fsp3) is 0.250. The van der Waals surface area contributed by atoms with Crippen molar-refractivity contribution in [2.75, 3.05) is 13.2 Å². The van der Waals surface area contributed by atoms with Gasteiger partial charge in [0.25, 0.3) is 0 Å². The number of halogens is 2. The third-order valence-corrected chi connectivity index (χ3v) is 4.10. The molecule has 0 spiro atoms. The topological polar surface area (TPSA) is 38.7 Å². The monoisotopic (exact) mass is 324 g/mol. The minimum absolute atomic E-state index is 0.455. The van der Waals surface area contributed by atoms with E-state index in [1.54, 1.807) is 12.1 Å². The largest absolute Gasteiger partial charge is 0.486 e. The Kier molecular flexibility index (Phi) is 4.24. The second kappa shape index (κ2) is 6.14. The Labute approximate surface area is 133 Å². The maximum Gasteiger partial charge on any atom is 0.161 e. The summed E-state index contributed by atoms with van der Waals surface area (Å²) < 4.78 is 11.0. The summed E-state index contributed by atoms with van der Waals surface area (Å²) in [4.78, 5) is 0. The van der Waals surface area contributed by atoms with Crippen molar-refractivity contribution in [2.45, 2.75) is 12.5 Å². The second-order valence-corrected chi connectivity index (χ2v) is 5.69. The maximum atomic E-state index is 10.4. The van der Waals surface area contributed by atoms with Crippen LogP contribution < -0.4 is 9.47 Å². The Balaban J connectivity index is 1.78. The van der Waals surface area contributed by atoms with Crippen molar-refractivity contribution in [1.29, 1.82) is 0 Å². The smallest absolute Gasteiger partial charge is 0.161 e. The van der Waals surface area contributed by atoms with Crippen molar-refractivity contribution >= 4 is 23.2 Å². The highest BCUT2D eigenvalue weighted by atomic mass is 35.5. The van der Waals surface area contributed by atoms with E-state index in [9.17, 15) is 5.11 Å². The van der Waals surface area contributed by atoms with Crippen LogP contribution in [0.1, 0.15) is 17.2 Å². The Morgan fingerprint density at radius 1 is 0.952 bits per heavy atom. The van der Waals surface area contributed by atoms with Gasteiger partial charge in [0.15, 0.2) is 11.5 Å². The Bertz CT molecular complexity index is 658. The van der Waals surface area contributed by atoms with Gasteiger partial charge in [-0.25, -0.2) is 0 Å². The highest BCUT2D eigenvalue weighted by molar-refractivity contribution is 6.42. The molecule has 3 nitrogen and oxygen atoms in total. The molecule has 21 heavy (non-hydrogen) atoms. The van der Waals surface area contributed by atoms with Gasteiger partial charge in [0, 0.05) is 6.42 Å². The lowest BCUT2D eigenvalue weighted by Gasteiger charge is -2.20. The number of aliphatic hydroxyl groups excluding tert-OH is 1. The van der Waals surface area contributed by atoms with Crippen LogP contribution in [0, 0.1) is 0 Å². The van der Waals surface area contributed by atoms with Gasteiger partial charge in [-0.05, 0) is 35.4 Å². The molecule has 2 aromatic rings. The fourth-order valence-electron chi connectivity index (χ4n) is 2.27. The first kappa shape index (κ1) is 14.5. The first-order valence-corrected chi connectivity index (χ1v) is 7.40. The molecule has 0 amide bonds. The van der Waals surface area contributed by atoms with Gasteiger partial charge in [0.2, 0.25) is 0 Å². The summed E-state index contributed by atoms with van der Waals surface area (Å²) in [6.07, 6.45) is -0.186. The van der Waals surface area contributed by atoms with E-state index >= 15 is 0 Å². The van der Waals surface area contributed by atoms with Crippen LogP contribution in [0.15, 0.2) is 36.4 Å². The molecule has 1 aliphatic rings. The molecule has 1 heterocycles. The van der Waals surface area contributed by atoms with Gasteiger partial charge in [-0.3, -0.25) is 0 Å². The van der Waals surface area contributed by atoms with Gasteiger partial charge in [-0.1, -0.05) is 35.3 Å². The summed E-state index contributed by atoms with van der Waals surface area (Å²) in [7, 11) is 0. The molecule has 1 N–H and O–H groups in total. The van der Waals surface area contributed by atoms with E-state index in [1.807, 2.05) is 24.3 Å². The average Bonchev–Trinajstić information content (AvgIpc) is 2.50. The molecule has 1 unspecified atom stereocenters. The van der Waals surface area contributed by atoms with Gasteiger partial charge in [0.1, 0.15) is 13.2 Å². The normalized spacial score (nSPS) is 14.8. The van der Waals surface area contributed by atoms with E-state index in [-0.39, 0.29) is 0 Å². The molecule has 1 aliphatic heterocycles. The van der Waals surface area contributed by atoms with Crippen LogP contribution in [0.5, 0.6) is 11.5 Å². The van der Waals surface area contributed by atoms with Crippen molar-refractivity contribution in [2.24, 2.45) is 0 Å². The van der Waals surface area contributed by atoms with Crippen molar-refractivity contribution in [3.8, 4) is 11.5 Å². The van der Waals surface area contributed by atoms with E-state index < -0.39 is 6.10 Å². The molecule has 3 rings (SSSR count). The van der Waals surface area contributed by atoms with Gasteiger partial charge < -0.3 is 14.6 Å². The molecule has 0 bridgehead atoms. The number of benzene rings is 2. The summed E-state index contributed by atoms with van der Waals surface area (Å²) in [5, 5.41) is 11.4. The molecule has 0 saturated carbocycles. The predicted octanol–water partition coefficient (Wildman–Crippen LogP) is 4.04. The maximum absolute atomic E-state index is 10.4. The van der Waals surface area contributed by atoms with E-state index in [1.165, 1.54) is 0 Å². The van der Waals surface area contributed by atoms with E-state index in [4.69, 9.17) is 32.7 Å². The summed E-state index contributed by atoms with van der Waals surface area (Å²) >= 11 is 11.9. The summed E-state index contributed by atoms with van der Waals surface area (Å²) in [6.45, 7) is 1.08. The highest BCUT2D eigenvalue weighted by Gasteiger charge is 2.16. The third-order valence-electron chi connectivity index (χ3n) is 3.36. The van der Waals surface area contributed by atoms with Crippen LogP contribution in [0.25, 0.3) is 0 Å². The standard InChI is InChI=1S/C16H14Cl2O3/c17-12-3-1-10(7-13(12)18)8-14(19)11-2-4-15-16(9-11)21-6-5-20-15/h1-4,7,9,14,19H,5-6,8H2. The van der Waals surface area contributed by atoms with Gasteiger partial charge in [-0.2, -0.15) is 0 Å². The minimum atomic E-state index is -0.641. The molecule has 5 heteroatoms. The third kappa shape index (κ3) is 3.26. The average molecular weight is 325 g/mol. The first-order chi connectivity index (χ1) is 10.1. The first-order valence-electron chi connectivity index (χ1n) is 6.65. The summed E-state index contributed by atoms with van der Waals surface area (Å²) in [5.74, 6) is 1.39. The number of hydrogen-bond donors (Lipinski definition) is 1. The number of aliphatic hydroxyl groups is 1. The molecule has 0 aromatic heterocycles. The van der Waals surface area contributed by atoms with Crippen LogP contribution in [-0.4, -0.2) is 18.3 Å². The molecule has 110 valence electrons. The van der Waals surface area contributed by atoms with Crippen LogP contribution in [-0.2, 0) is 6.42 Å². The summed E-state index contributed by atoms with van der Waals surface area (Å²) in [6, 6.07) is 10.8. The van der Waals surface area contributed by atoms with Crippen LogP contribution >= 0.6 is 23.2 Å². The highest BCUT2D eigenvalue weighted by Crippen LogP contribution is 2.33. The molecule has 0 radical (unpaired) electrons. The van der Waals surface area contributed by atoms with Crippen LogP contribution in [0.3, 0.4) is 0 Å². The van der Waals surface area contributed by atoms with E-state index in [0.29, 0.717) is 41.2 Å². The molecular weight excluding hydrogens is 311 g/mol. The van der Waals surface area contributed by atoms with Crippen molar-refractivity contribution in [1.82, 2.24) is 0 Å². The lowest BCUT2D eigenvalue weighted by molar-refractivity contribution is 0.164. The Morgan fingerprint density at radius 3 is 2.48 bits per heavy atom. The van der Waals surface area contributed by atoms with Crippen molar-refractivity contribution in [3.05, 3.63) is 57.6 Å². The quantitative estimate of drug-likeness (QED) is 0.926. The zero-order chi connectivity index (χ0) is 14.8. The number of hydrogen-bond acceptors (Lipinski definition) is 3. The molecule has 0 fully saturated rings. The zero-order valence-electron chi connectivity index (χ0n) is 11.2. The number of fused-ring (bicyclic) bond motifs is 1. The van der Waals surface area contributed by atoms with Gasteiger partial charge >= 0.3 is 0 Å². The van der Waals surface area contributed by atoms with Crippen LogP contribution in [0.4, 0.5) is 0 Å². The lowest BCUT2D eigenvalue weighted by Crippen LogP contribution is -2.15. The Morgan fingerprint density at radius 2 is 1.71 bits per heavy atom. The van der Waals surface area contributed by atoms with Gasteiger partial charge in [-0.15, -0.1) is 0 Å². The minimum Gasteiger partial charge on any atom is -0.486 e. The van der Waals surface area contributed by atoms with Crippen LogP contribution in [0.2, 0.25) is 10.0 Å². The second-order valence-electron chi connectivity index (χ2n) is 4.87. The van der Waals surface area contributed by atoms with E-state index in [0.717, 1.165) is 11.1 Å². The molecular formula is C16H14Cl2O3. The predicted molar refractivity (Wildman–Crippen MR) is 82.6 cm³/mol. The number of rotatable bonds is 3. The van der Waals surface area contributed by atoms with Crippen molar-refractivity contribution < 1.29 is 14.6 Å². The lowest BCUT2D eigenvalue weighted by atomic mass is 10.0. The Hall–Kier alpha value is -1.42. The summed E-state index contributed by atoms with van der Waals surface area (Å²) in [5.41, 5.74) is 1.71. The van der Waals surface area contributed by atoms with Gasteiger partial charge in [0.05, 0.1) is 16.1 Å². The number of ether oxygens (including phenoxy) is 2. The SMILES string of the molecule is OC(Cc1ccc(Cl)c(Cl)c1)c1ccc2c(c1)OCCO2. The van der Waals surface area contributed by atoms with E-state index in [2.05, 4.69) is 0 Å². The fourth-order valence-corrected chi connectivity index (χ4v) is 2.60. The van der Waals surface area contributed by atoms with Crippen molar-refractivity contribution in [3.63, 3.8) is 0 Å².